The van der Waals surface area contributed by atoms with Gasteiger partial charge < -0.3 is 20.7 Å². The van der Waals surface area contributed by atoms with Crippen molar-refractivity contribution < 1.29 is 14.3 Å². The number of carbonyl (C=O) groups excluding carboxylic acids is 2. The third kappa shape index (κ3) is 4.69. The Morgan fingerprint density at radius 1 is 1.25 bits per heavy atom. The van der Waals surface area contributed by atoms with E-state index in [1.54, 1.807) is 7.05 Å². The Bertz CT molecular complexity index is 580. The number of nitrogens with zero attached hydrogens (tertiary/aromatic N) is 1. The summed E-state index contributed by atoms with van der Waals surface area (Å²) < 4.78 is 5.25. The Morgan fingerprint density at radius 2 is 1.79 bits per heavy atom. The number of likely N-dealkylation sites (N-methyl/N-ethyl adjacent to an activating group) is 1. The van der Waals surface area contributed by atoms with E-state index in [0.717, 1.165) is 16.8 Å². The van der Waals surface area contributed by atoms with Crippen molar-refractivity contribution in [1.82, 2.24) is 4.90 Å². The highest BCUT2D eigenvalue weighted by Gasteiger charge is 2.38. The largest absolute Gasteiger partial charge is 0.381 e. The van der Waals surface area contributed by atoms with E-state index < -0.39 is 5.54 Å². The quantitative estimate of drug-likeness (QED) is 0.859. The van der Waals surface area contributed by atoms with Crippen LogP contribution in [0.15, 0.2) is 18.2 Å². The maximum atomic E-state index is 12.5. The zero-order chi connectivity index (χ0) is 17.0. The maximum Gasteiger partial charge on any atom is 0.243 e. The summed E-state index contributed by atoms with van der Waals surface area (Å²) >= 11 is 0. The lowest BCUT2D eigenvalue weighted by Crippen LogP contribution is -2.58. The molecule has 0 radical (unpaired) electrons. The van der Waals surface area contributed by atoms with Gasteiger partial charge in [0.05, 0.1) is 12.1 Å². The van der Waals surface area contributed by atoms with Crippen LogP contribution in [0.25, 0.3) is 0 Å². The maximum absolute atomic E-state index is 12.5. The molecule has 1 aliphatic rings. The van der Waals surface area contributed by atoms with E-state index in [1.165, 1.54) is 4.90 Å². The Balaban J connectivity index is 0.00000288. The van der Waals surface area contributed by atoms with Crippen LogP contribution in [0.4, 0.5) is 5.69 Å². The van der Waals surface area contributed by atoms with Gasteiger partial charge in [-0.1, -0.05) is 18.2 Å². The third-order valence-electron chi connectivity index (χ3n) is 4.28. The summed E-state index contributed by atoms with van der Waals surface area (Å²) in [5.74, 6) is -0.439. The summed E-state index contributed by atoms with van der Waals surface area (Å²) in [4.78, 5) is 26.2. The Hall–Kier alpha value is -1.63. The summed E-state index contributed by atoms with van der Waals surface area (Å²) in [6.07, 6.45) is 0.962. The molecule has 1 aromatic carbocycles. The minimum Gasteiger partial charge on any atom is -0.381 e. The van der Waals surface area contributed by atoms with Gasteiger partial charge in [-0.15, -0.1) is 12.4 Å². The van der Waals surface area contributed by atoms with Crippen molar-refractivity contribution in [3.63, 3.8) is 0 Å². The molecule has 24 heavy (non-hydrogen) atoms. The molecule has 6 nitrogen and oxygen atoms in total. The first-order chi connectivity index (χ1) is 10.8. The zero-order valence-corrected chi connectivity index (χ0v) is 15.2. The van der Waals surface area contributed by atoms with E-state index in [4.69, 9.17) is 10.5 Å². The van der Waals surface area contributed by atoms with Gasteiger partial charge in [0.25, 0.3) is 0 Å². The average molecular weight is 356 g/mol. The van der Waals surface area contributed by atoms with Gasteiger partial charge in [-0.05, 0) is 37.8 Å². The average Bonchev–Trinajstić information content (AvgIpc) is 2.51. The molecular weight excluding hydrogens is 330 g/mol. The number of nitrogens with one attached hydrogen (secondary N) is 1. The molecule has 0 aromatic heterocycles. The summed E-state index contributed by atoms with van der Waals surface area (Å²) in [5, 5.41) is 2.88. The minimum atomic E-state index is -0.925. The van der Waals surface area contributed by atoms with Crippen LogP contribution in [0, 0.1) is 13.8 Å². The normalized spacial score (nSPS) is 16.0. The van der Waals surface area contributed by atoms with Crippen LogP contribution < -0.4 is 11.1 Å². The fourth-order valence-electron chi connectivity index (χ4n) is 2.81. The predicted molar refractivity (Wildman–Crippen MR) is 96.4 cm³/mol. The lowest BCUT2D eigenvalue weighted by Gasteiger charge is -2.35. The molecule has 1 aromatic rings. The van der Waals surface area contributed by atoms with Crippen molar-refractivity contribution in [2.45, 2.75) is 32.2 Å². The molecule has 2 amide bonds. The van der Waals surface area contributed by atoms with Crippen LogP contribution >= 0.6 is 12.4 Å². The van der Waals surface area contributed by atoms with Crippen LogP contribution in [0.2, 0.25) is 0 Å². The second kappa shape index (κ2) is 8.46. The van der Waals surface area contributed by atoms with E-state index in [1.807, 2.05) is 32.0 Å². The first-order valence-corrected chi connectivity index (χ1v) is 7.82. The van der Waals surface area contributed by atoms with Gasteiger partial charge in [-0.25, -0.2) is 0 Å². The fourth-order valence-corrected chi connectivity index (χ4v) is 2.81. The molecule has 1 aliphatic heterocycles. The van der Waals surface area contributed by atoms with Gasteiger partial charge in [-0.2, -0.15) is 0 Å². The Kier molecular flexibility index (Phi) is 7.20. The van der Waals surface area contributed by atoms with Gasteiger partial charge >= 0.3 is 0 Å². The molecule has 1 heterocycles. The van der Waals surface area contributed by atoms with Gasteiger partial charge in [0.15, 0.2) is 0 Å². The number of halogens is 1. The monoisotopic (exact) mass is 355 g/mol. The number of anilines is 1. The fraction of sp³-hybridized carbons (Fsp3) is 0.529. The van der Waals surface area contributed by atoms with Crippen LogP contribution in [-0.2, 0) is 14.3 Å². The molecule has 1 saturated heterocycles. The molecule has 2 rings (SSSR count). The topological polar surface area (TPSA) is 84.7 Å². The number of amides is 2. The van der Waals surface area contributed by atoms with Crippen LogP contribution in [0.1, 0.15) is 24.0 Å². The lowest BCUT2D eigenvalue weighted by molar-refractivity contribution is -0.141. The highest BCUT2D eigenvalue weighted by atomic mass is 35.5. The Morgan fingerprint density at radius 3 is 2.33 bits per heavy atom. The standard InChI is InChI=1S/C17H25N3O3.ClH/c1-12-5-4-6-13(2)15(12)19-14(21)11-20(3)16(22)17(18)7-9-23-10-8-17;/h4-6H,7-11,18H2,1-3H3,(H,19,21);1H. The number of hydrogen-bond acceptors (Lipinski definition) is 4. The molecule has 0 aliphatic carbocycles. The van der Waals surface area contributed by atoms with E-state index in [-0.39, 0.29) is 30.8 Å². The molecule has 134 valence electrons. The molecule has 7 heteroatoms. The van der Waals surface area contributed by atoms with E-state index >= 15 is 0 Å². The van der Waals surface area contributed by atoms with E-state index in [0.29, 0.717) is 26.1 Å². The van der Waals surface area contributed by atoms with E-state index in [9.17, 15) is 9.59 Å². The predicted octanol–water partition coefficient (Wildman–Crippen LogP) is 1.63. The molecular formula is C17H26ClN3O3. The summed E-state index contributed by atoms with van der Waals surface area (Å²) in [5.41, 5.74) is 8.04. The smallest absolute Gasteiger partial charge is 0.243 e. The number of hydrogen-bond donors (Lipinski definition) is 2. The number of aryl methyl sites for hydroxylation is 2. The van der Waals surface area contributed by atoms with Crippen LogP contribution in [0.5, 0.6) is 0 Å². The number of nitrogens with two attached hydrogens (primary N) is 1. The van der Waals surface area contributed by atoms with Crippen molar-refractivity contribution >= 4 is 29.9 Å². The number of rotatable bonds is 4. The van der Waals surface area contributed by atoms with Crippen molar-refractivity contribution in [2.75, 3.05) is 32.1 Å². The second-order valence-electron chi connectivity index (χ2n) is 6.24. The van der Waals surface area contributed by atoms with Crippen molar-refractivity contribution in [3.05, 3.63) is 29.3 Å². The number of ether oxygens (including phenoxy) is 1. The molecule has 0 atom stereocenters. The summed E-state index contributed by atoms with van der Waals surface area (Å²) in [7, 11) is 1.61. The Labute approximate surface area is 149 Å². The number of carbonyl (C=O) groups is 2. The first-order valence-electron chi connectivity index (χ1n) is 7.82. The molecule has 3 N–H and O–H groups in total. The first kappa shape index (κ1) is 20.4. The molecule has 0 spiro atoms. The summed E-state index contributed by atoms with van der Waals surface area (Å²) in [6, 6.07) is 5.82. The second-order valence-corrected chi connectivity index (χ2v) is 6.24. The SMILES string of the molecule is Cc1cccc(C)c1NC(=O)CN(C)C(=O)C1(N)CCOCC1.Cl. The van der Waals surface area contributed by atoms with Crippen molar-refractivity contribution in [3.8, 4) is 0 Å². The molecule has 1 fully saturated rings. The third-order valence-corrected chi connectivity index (χ3v) is 4.28. The van der Waals surface area contributed by atoms with Crippen molar-refractivity contribution in [2.24, 2.45) is 5.73 Å². The molecule has 0 bridgehead atoms. The van der Waals surface area contributed by atoms with E-state index in [2.05, 4.69) is 5.32 Å². The highest BCUT2D eigenvalue weighted by Crippen LogP contribution is 2.21. The van der Waals surface area contributed by atoms with Gasteiger partial charge in [0.2, 0.25) is 11.8 Å². The van der Waals surface area contributed by atoms with Crippen molar-refractivity contribution in [1.29, 1.82) is 0 Å². The number of para-hydroxylation sites is 1. The van der Waals surface area contributed by atoms with Gasteiger partial charge in [0.1, 0.15) is 0 Å². The van der Waals surface area contributed by atoms with Crippen LogP contribution in [0.3, 0.4) is 0 Å². The summed E-state index contributed by atoms with van der Waals surface area (Å²) in [6.45, 7) is 4.81. The minimum absolute atomic E-state index is 0. The lowest BCUT2D eigenvalue weighted by atomic mass is 9.90. The number of benzene rings is 1. The van der Waals surface area contributed by atoms with Crippen LogP contribution in [-0.4, -0.2) is 49.1 Å². The molecule has 0 unspecified atom stereocenters. The molecule has 0 saturated carbocycles. The van der Waals surface area contributed by atoms with Gasteiger partial charge in [0, 0.05) is 25.9 Å². The highest BCUT2D eigenvalue weighted by molar-refractivity contribution is 5.97. The zero-order valence-electron chi connectivity index (χ0n) is 14.4. The van der Waals surface area contributed by atoms with Gasteiger partial charge in [-0.3, -0.25) is 9.59 Å².